The van der Waals surface area contributed by atoms with Crippen molar-refractivity contribution >= 4 is 11.8 Å². The quantitative estimate of drug-likeness (QED) is 0.271. The Morgan fingerprint density at radius 2 is 1.61 bits per heavy atom. The molecule has 0 bridgehead atoms. The van der Waals surface area contributed by atoms with Crippen LogP contribution in [0.4, 0.5) is 0 Å². The van der Waals surface area contributed by atoms with Crippen LogP contribution in [0.1, 0.15) is 111 Å². The fourth-order valence-electron chi connectivity index (χ4n) is 11.8. The molecule has 4 aliphatic carbocycles. The molecule has 6 aliphatic rings. The summed E-state index contributed by atoms with van der Waals surface area (Å²) in [6.07, 6.45) is 17.6. The zero-order valence-electron chi connectivity index (χ0n) is 27.9. The second kappa shape index (κ2) is 11.9. The van der Waals surface area contributed by atoms with Gasteiger partial charge in [-0.2, -0.15) is 0 Å². The second-order valence-electron chi connectivity index (χ2n) is 16.0. The van der Waals surface area contributed by atoms with Crippen LogP contribution in [0.25, 0.3) is 0 Å². The van der Waals surface area contributed by atoms with E-state index in [0.717, 1.165) is 49.8 Å². The molecular weight excluding hydrogens is 576 g/mol. The van der Waals surface area contributed by atoms with E-state index in [1.807, 2.05) is 18.4 Å². The van der Waals surface area contributed by atoms with E-state index >= 15 is 0 Å². The maximum atomic E-state index is 13.1. The van der Waals surface area contributed by atoms with Gasteiger partial charge >= 0.3 is 0 Å². The largest absolute Gasteiger partial charge is 0.472 e. The van der Waals surface area contributed by atoms with Crippen LogP contribution in [0.3, 0.4) is 0 Å². The molecule has 0 unspecified atom stereocenters. The summed E-state index contributed by atoms with van der Waals surface area (Å²) in [5, 5.41) is 0. The van der Waals surface area contributed by atoms with Crippen molar-refractivity contribution in [2.45, 2.75) is 96.2 Å². The van der Waals surface area contributed by atoms with E-state index in [0.29, 0.717) is 41.1 Å². The lowest BCUT2D eigenvalue weighted by atomic mass is 9.44. The summed E-state index contributed by atoms with van der Waals surface area (Å²) >= 11 is 0. The normalized spacial score (nSPS) is 38.9. The molecule has 1 aromatic carbocycles. The van der Waals surface area contributed by atoms with Crippen molar-refractivity contribution in [3.63, 3.8) is 0 Å². The molecule has 5 fully saturated rings. The van der Waals surface area contributed by atoms with Crippen molar-refractivity contribution in [3.05, 3.63) is 59.5 Å². The number of nitrogens with zero attached hydrogens (tertiary/aromatic N) is 2. The summed E-state index contributed by atoms with van der Waals surface area (Å²) < 4.78 is 19.2. The molecule has 4 saturated carbocycles. The van der Waals surface area contributed by atoms with E-state index < -0.39 is 5.60 Å². The maximum absolute atomic E-state index is 13.1. The van der Waals surface area contributed by atoms with Gasteiger partial charge in [0.15, 0.2) is 0 Å². The lowest BCUT2D eigenvalue weighted by Gasteiger charge is -2.62. The highest BCUT2D eigenvalue weighted by Gasteiger charge is 2.66. The molecule has 1 saturated heterocycles. The number of imide groups is 1. The smallest absolute Gasteiger partial charge is 0.261 e. The van der Waals surface area contributed by atoms with E-state index in [1.54, 1.807) is 18.4 Å². The van der Waals surface area contributed by atoms with E-state index in [2.05, 4.69) is 24.8 Å². The van der Waals surface area contributed by atoms with Crippen molar-refractivity contribution in [1.82, 2.24) is 9.80 Å². The molecule has 2 aliphatic heterocycles. The van der Waals surface area contributed by atoms with Gasteiger partial charge in [-0.3, -0.25) is 14.5 Å². The van der Waals surface area contributed by atoms with E-state index in [9.17, 15) is 9.59 Å². The van der Waals surface area contributed by atoms with Crippen molar-refractivity contribution < 1.29 is 23.5 Å². The number of hydrogen-bond acceptors (Lipinski definition) is 6. The Morgan fingerprint density at radius 3 is 2.35 bits per heavy atom. The van der Waals surface area contributed by atoms with Crippen molar-refractivity contribution in [2.75, 3.05) is 39.4 Å². The average molecular weight is 629 g/mol. The summed E-state index contributed by atoms with van der Waals surface area (Å²) in [6, 6.07) is 9.21. The van der Waals surface area contributed by atoms with E-state index in [-0.39, 0.29) is 23.8 Å². The lowest BCUT2D eigenvalue weighted by molar-refractivity contribution is -0.184. The van der Waals surface area contributed by atoms with Crippen LogP contribution in [0.2, 0.25) is 0 Å². The standard InChI is InChI=1S/C39H52N2O5/c1-37-15-11-29(45-23-20-40-18-5-6-19-40)25-27(37)9-10-32-33(37)12-16-38(2)34(32)13-17-39(38,28-14-22-44-26-28)46-24-21-41-35(42)30-7-3-4-8-31(30)36(41)43/h3-4,7-8,14,22,26-27,29,32-34H,5-6,9-13,15-21,23-25H2,1-2H3/t27-,29+,32-,33+,34+,37+,38+,39-/m1/s1. The summed E-state index contributed by atoms with van der Waals surface area (Å²) in [5.41, 5.74) is 1.99. The van der Waals surface area contributed by atoms with Gasteiger partial charge in [0.25, 0.3) is 11.8 Å². The Labute approximate surface area is 274 Å². The van der Waals surface area contributed by atoms with Crippen molar-refractivity contribution in [1.29, 1.82) is 0 Å². The zero-order chi connectivity index (χ0) is 31.5. The number of fused-ring (bicyclic) bond motifs is 6. The van der Waals surface area contributed by atoms with Crippen LogP contribution < -0.4 is 0 Å². The highest BCUT2D eigenvalue weighted by Crippen LogP contribution is 2.71. The van der Waals surface area contributed by atoms with Crippen molar-refractivity contribution in [2.24, 2.45) is 34.5 Å². The van der Waals surface area contributed by atoms with Gasteiger partial charge in [-0.15, -0.1) is 0 Å². The molecule has 8 atom stereocenters. The third kappa shape index (κ3) is 4.77. The highest BCUT2D eigenvalue weighted by atomic mass is 16.5. The molecule has 46 heavy (non-hydrogen) atoms. The number of rotatable bonds is 9. The Bertz CT molecular complexity index is 1400. The Kier molecular flexibility index (Phi) is 7.97. The fraction of sp³-hybridized carbons (Fsp3) is 0.692. The number of benzene rings is 1. The molecule has 2 aromatic rings. The van der Waals surface area contributed by atoms with E-state index in [4.69, 9.17) is 13.9 Å². The molecule has 1 aromatic heterocycles. The molecule has 7 nitrogen and oxygen atoms in total. The second-order valence-corrected chi connectivity index (χ2v) is 16.0. The number of furan rings is 1. The monoisotopic (exact) mass is 628 g/mol. The first-order valence-corrected chi connectivity index (χ1v) is 18.3. The number of carbonyl (C=O) groups is 2. The maximum Gasteiger partial charge on any atom is 0.261 e. The minimum atomic E-state index is -0.479. The fourth-order valence-corrected chi connectivity index (χ4v) is 11.8. The average Bonchev–Trinajstić information content (AvgIpc) is 3.87. The minimum absolute atomic E-state index is 0.0287. The Hall–Kier alpha value is -2.48. The predicted molar refractivity (Wildman–Crippen MR) is 175 cm³/mol. The van der Waals surface area contributed by atoms with Gasteiger partial charge in [-0.1, -0.05) is 26.0 Å². The van der Waals surface area contributed by atoms with Gasteiger partial charge in [0.2, 0.25) is 0 Å². The zero-order valence-corrected chi connectivity index (χ0v) is 27.9. The predicted octanol–water partition coefficient (Wildman–Crippen LogP) is 7.31. The summed E-state index contributed by atoms with van der Waals surface area (Å²) in [4.78, 5) is 30.1. The Balaban J connectivity index is 0.957. The first kappa shape index (κ1) is 30.8. The molecular formula is C39H52N2O5. The van der Waals surface area contributed by atoms with Crippen LogP contribution in [0.15, 0.2) is 47.3 Å². The van der Waals surface area contributed by atoms with Gasteiger partial charge < -0.3 is 18.8 Å². The number of likely N-dealkylation sites (tertiary alicyclic amines) is 1. The molecule has 0 radical (unpaired) electrons. The first-order chi connectivity index (χ1) is 22.3. The Morgan fingerprint density at radius 1 is 0.848 bits per heavy atom. The number of amides is 2. The number of carbonyl (C=O) groups excluding carboxylic acids is 2. The molecule has 3 heterocycles. The van der Waals surface area contributed by atoms with Gasteiger partial charge in [0, 0.05) is 17.5 Å². The number of ether oxygens (including phenoxy) is 2. The molecule has 2 amide bonds. The summed E-state index contributed by atoms with van der Waals surface area (Å²) in [6.45, 7) is 10.2. The van der Waals surface area contributed by atoms with Crippen molar-refractivity contribution in [3.8, 4) is 0 Å². The number of hydrogen-bond donors (Lipinski definition) is 0. The SMILES string of the molecule is C[C@]12CC[C@H](OCCN3CCCC3)C[C@H]1CC[C@@H]1[C@@H]2CC[C@@]2(C)[C@H]1CC[C@@]2(OCCN1C(=O)c2ccccc2C1=O)c1ccoc1. The summed E-state index contributed by atoms with van der Waals surface area (Å²) in [5.74, 6) is 2.39. The highest BCUT2D eigenvalue weighted by molar-refractivity contribution is 6.21. The molecule has 7 heteroatoms. The van der Waals surface area contributed by atoms with Crippen LogP contribution in [-0.2, 0) is 15.1 Å². The molecule has 8 rings (SSSR count). The molecule has 248 valence electrons. The van der Waals surface area contributed by atoms with Gasteiger partial charge in [0.05, 0.1) is 49.5 Å². The van der Waals surface area contributed by atoms with Crippen LogP contribution >= 0.6 is 0 Å². The van der Waals surface area contributed by atoms with E-state index in [1.165, 1.54) is 69.4 Å². The summed E-state index contributed by atoms with van der Waals surface area (Å²) in [7, 11) is 0. The van der Waals surface area contributed by atoms with Crippen LogP contribution in [-0.4, -0.2) is 67.1 Å². The molecule has 0 N–H and O–H groups in total. The first-order valence-electron chi connectivity index (χ1n) is 18.3. The molecule has 0 spiro atoms. The van der Waals surface area contributed by atoms with Gasteiger partial charge in [0.1, 0.15) is 5.60 Å². The van der Waals surface area contributed by atoms with Gasteiger partial charge in [-0.05, 0) is 131 Å². The topological polar surface area (TPSA) is 72.2 Å². The van der Waals surface area contributed by atoms with Crippen LogP contribution in [0, 0.1) is 34.5 Å². The van der Waals surface area contributed by atoms with Crippen LogP contribution in [0.5, 0.6) is 0 Å². The lowest BCUT2D eigenvalue weighted by Crippen LogP contribution is -2.56. The third-order valence-corrected chi connectivity index (χ3v) is 14.2. The van der Waals surface area contributed by atoms with Gasteiger partial charge in [-0.25, -0.2) is 0 Å². The minimum Gasteiger partial charge on any atom is -0.472 e. The third-order valence-electron chi connectivity index (χ3n) is 14.2.